The highest BCUT2D eigenvalue weighted by Crippen LogP contribution is 2.25. The molecule has 1 atom stereocenters. The summed E-state index contributed by atoms with van der Waals surface area (Å²) in [7, 11) is 1.72. The molecule has 1 aliphatic heterocycles. The number of rotatable bonds is 5. The van der Waals surface area contributed by atoms with Crippen molar-refractivity contribution in [3.63, 3.8) is 0 Å². The van der Waals surface area contributed by atoms with Crippen molar-refractivity contribution in [3.05, 3.63) is 29.3 Å². The maximum atomic E-state index is 12.6. The number of likely N-dealkylation sites (tertiary alicyclic amines) is 1. The average Bonchev–Trinajstić information content (AvgIpc) is 2.50. The average molecular weight is 291 g/mol. The van der Waals surface area contributed by atoms with Gasteiger partial charge in [0.15, 0.2) is 0 Å². The van der Waals surface area contributed by atoms with Gasteiger partial charge in [0.2, 0.25) is 0 Å². The van der Waals surface area contributed by atoms with Crippen molar-refractivity contribution in [2.75, 3.05) is 26.8 Å². The van der Waals surface area contributed by atoms with E-state index >= 15 is 0 Å². The van der Waals surface area contributed by atoms with E-state index in [0.29, 0.717) is 17.0 Å². The molecule has 0 saturated carbocycles. The van der Waals surface area contributed by atoms with Crippen LogP contribution in [0.4, 0.5) is 0 Å². The lowest BCUT2D eigenvalue weighted by atomic mass is 9.93. The number of phenolic OH excluding ortho intramolecular Hbond substituents is 1. The van der Waals surface area contributed by atoms with Crippen molar-refractivity contribution in [2.24, 2.45) is 5.92 Å². The third kappa shape index (κ3) is 3.97. The van der Waals surface area contributed by atoms with Gasteiger partial charge in [-0.3, -0.25) is 4.79 Å². The standard InChI is InChI=1S/C17H25NO3/c1-13-15(8-3-9-16(13)19)17(20)18-10-4-6-14(12-18)7-5-11-21-2/h3,8-9,14,19H,4-7,10-12H2,1-2H3/t14-/m0/s1. The van der Waals surface area contributed by atoms with Gasteiger partial charge in [0, 0.05) is 37.9 Å². The van der Waals surface area contributed by atoms with Gasteiger partial charge in [-0.2, -0.15) is 0 Å². The van der Waals surface area contributed by atoms with Crippen molar-refractivity contribution in [1.82, 2.24) is 4.90 Å². The molecular weight excluding hydrogens is 266 g/mol. The van der Waals surface area contributed by atoms with Crippen molar-refractivity contribution in [2.45, 2.75) is 32.6 Å². The summed E-state index contributed by atoms with van der Waals surface area (Å²) in [5.41, 5.74) is 1.29. The molecule has 1 N–H and O–H groups in total. The lowest BCUT2D eigenvalue weighted by molar-refractivity contribution is 0.0659. The van der Waals surface area contributed by atoms with E-state index in [1.165, 1.54) is 6.42 Å². The second kappa shape index (κ2) is 7.46. The van der Waals surface area contributed by atoms with Gasteiger partial charge in [-0.25, -0.2) is 0 Å². The minimum Gasteiger partial charge on any atom is -0.508 e. The van der Waals surface area contributed by atoms with Gasteiger partial charge in [0.05, 0.1) is 0 Å². The first-order chi connectivity index (χ1) is 10.1. The number of ether oxygens (including phenoxy) is 1. The highest BCUT2D eigenvalue weighted by molar-refractivity contribution is 5.96. The van der Waals surface area contributed by atoms with Crippen molar-refractivity contribution >= 4 is 5.91 Å². The zero-order valence-electron chi connectivity index (χ0n) is 13.0. The molecule has 0 spiro atoms. The summed E-state index contributed by atoms with van der Waals surface area (Å²) < 4.78 is 5.10. The largest absolute Gasteiger partial charge is 0.508 e. The molecule has 0 unspecified atom stereocenters. The fourth-order valence-electron chi connectivity index (χ4n) is 3.03. The summed E-state index contributed by atoms with van der Waals surface area (Å²) in [5, 5.41) is 9.76. The summed E-state index contributed by atoms with van der Waals surface area (Å²) in [6, 6.07) is 5.15. The van der Waals surface area contributed by atoms with Crippen molar-refractivity contribution < 1.29 is 14.6 Å². The molecule has 1 aromatic rings. The lowest BCUT2D eigenvalue weighted by Gasteiger charge is -2.33. The number of aromatic hydroxyl groups is 1. The molecule has 0 bridgehead atoms. The molecule has 4 nitrogen and oxygen atoms in total. The maximum absolute atomic E-state index is 12.6. The van der Waals surface area contributed by atoms with Gasteiger partial charge >= 0.3 is 0 Å². The fraction of sp³-hybridized carbons (Fsp3) is 0.588. The zero-order valence-corrected chi connectivity index (χ0v) is 13.0. The van der Waals surface area contributed by atoms with E-state index in [4.69, 9.17) is 4.74 Å². The number of hydrogen-bond acceptors (Lipinski definition) is 3. The molecule has 4 heteroatoms. The van der Waals surface area contributed by atoms with Crippen LogP contribution >= 0.6 is 0 Å². The normalized spacial score (nSPS) is 18.8. The first-order valence-electron chi connectivity index (χ1n) is 7.70. The Morgan fingerprint density at radius 2 is 2.29 bits per heavy atom. The summed E-state index contributed by atoms with van der Waals surface area (Å²) in [6.45, 7) is 4.21. The van der Waals surface area contributed by atoms with E-state index in [1.807, 2.05) is 4.90 Å². The van der Waals surface area contributed by atoms with Gasteiger partial charge in [-0.15, -0.1) is 0 Å². The van der Waals surface area contributed by atoms with Gasteiger partial charge in [0.25, 0.3) is 5.91 Å². The van der Waals surface area contributed by atoms with E-state index in [0.717, 1.165) is 39.0 Å². The number of phenols is 1. The molecule has 1 aromatic carbocycles. The molecule has 0 aromatic heterocycles. The molecule has 0 aliphatic carbocycles. The third-order valence-electron chi connectivity index (χ3n) is 4.30. The van der Waals surface area contributed by atoms with E-state index < -0.39 is 0 Å². The molecule has 1 fully saturated rings. The maximum Gasteiger partial charge on any atom is 0.254 e. The Balaban J connectivity index is 2.00. The first-order valence-corrected chi connectivity index (χ1v) is 7.70. The van der Waals surface area contributed by atoms with Crippen molar-refractivity contribution in [3.8, 4) is 5.75 Å². The van der Waals surface area contributed by atoms with Crippen LogP contribution < -0.4 is 0 Å². The molecule has 21 heavy (non-hydrogen) atoms. The van der Waals surface area contributed by atoms with E-state index in [-0.39, 0.29) is 11.7 Å². The Labute approximate surface area is 126 Å². The second-order valence-corrected chi connectivity index (χ2v) is 5.84. The fourth-order valence-corrected chi connectivity index (χ4v) is 3.03. The topological polar surface area (TPSA) is 49.8 Å². The predicted octanol–water partition coefficient (Wildman–Crippen LogP) is 2.98. The Kier molecular flexibility index (Phi) is 5.62. The van der Waals surface area contributed by atoms with Gasteiger partial charge < -0.3 is 14.7 Å². The van der Waals surface area contributed by atoms with E-state index in [9.17, 15) is 9.90 Å². The summed E-state index contributed by atoms with van der Waals surface area (Å²) in [4.78, 5) is 14.6. The van der Waals surface area contributed by atoms with Gasteiger partial charge in [-0.1, -0.05) is 6.07 Å². The quantitative estimate of drug-likeness (QED) is 0.849. The van der Waals surface area contributed by atoms with Crippen LogP contribution in [0, 0.1) is 12.8 Å². The number of hydrogen-bond donors (Lipinski definition) is 1. The van der Waals surface area contributed by atoms with E-state index in [1.54, 1.807) is 32.2 Å². The van der Waals surface area contributed by atoms with Crippen molar-refractivity contribution in [1.29, 1.82) is 0 Å². The Hall–Kier alpha value is -1.55. The van der Waals surface area contributed by atoms with Crippen LogP contribution in [0.3, 0.4) is 0 Å². The molecule has 1 amide bonds. The minimum absolute atomic E-state index is 0.0415. The number of nitrogens with zero attached hydrogens (tertiary/aromatic N) is 1. The number of carbonyl (C=O) groups is 1. The molecule has 2 rings (SSSR count). The van der Waals surface area contributed by atoms with Crippen LogP contribution in [0.15, 0.2) is 18.2 Å². The van der Waals surface area contributed by atoms with Gasteiger partial charge in [0.1, 0.15) is 5.75 Å². The molecule has 116 valence electrons. The van der Waals surface area contributed by atoms with Gasteiger partial charge in [-0.05, 0) is 50.7 Å². The number of piperidine rings is 1. The SMILES string of the molecule is COCCC[C@@H]1CCCN(C(=O)c2cccc(O)c2C)C1. The monoisotopic (exact) mass is 291 g/mol. The molecule has 0 radical (unpaired) electrons. The number of carbonyl (C=O) groups excluding carboxylic acids is 1. The summed E-state index contributed by atoms with van der Waals surface area (Å²) in [6.07, 6.45) is 4.40. The Morgan fingerprint density at radius 3 is 3.05 bits per heavy atom. The molecular formula is C17H25NO3. The molecule has 1 aliphatic rings. The number of methoxy groups -OCH3 is 1. The second-order valence-electron chi connectivity index (χ2n) is 5.84. The summed E-state index contributed by atoms with van der Waals surface area (Å²) >= 11 is 0. The smallest absolute Gasteiger partial charge is 0.254 e. The minimum atomic E-state index is 0.0415. The van der Waals surface area contributed by atoms with Crippen LogP contribution in [-0.4, -0.2) is 42.7 Å². The predicted molar refractivity (Wildman–Crippen MR) is 82.6 cm³/mol. The molecule has 1 saturated heterocycles. The lowest BCUT2D eigenvalue weighted by Crippen LogP contribution is -2.40. The highest BCUT2D eigenvalue weighted by atomic mass is 16.5. The first kappa shape index (κ1) is 15.8. The van der Waals surface area contributed by atoms with Crippen LogP contribution in [0.25, 0.3) is 0 Å². The number of amides is 1. The van der Waals surface area contributed by atoms with Crippen LogP contribution in [0.5, 0.6) is 5.75 Å². The molecule has 1 heterocycles. The zero-order chi connectivity index (χ0) is 15.2. The number of benzene rings is 1. The van der Waals surface area contributed by atoms with Crippen LogP contribution in [0.1, 0.15) is 41.6 Å². The Bertz CT molecular complexity index is 487. The third-order valence-corrected chi connectivity index (χ3v) is 4.30. The van der Waals surface area contributed by atoms with Crippen LogP contribution in [0.2, 0.25) is 0 Å². The highest BCUT2D eigenvalue weighted by Gasteiger charge is 2.25. The summed E-state index contributed by atoms with van der Waals surface area (Å²) in [5.74, 6) is 0.796. The van der Waals surface area contributed by atoms with E-state index in [2.05, 4.69) is 0 Å². The van der Waals surface area contributed by atoms with Crippen LogP contribution in [-0.2, 0) is 4.74 Å². The Morgan fingerprint density at radius 1 is 1.48 bits per heavy atom.